The highest BCUT2D eigenvalue weighted by molar-refractivity contribution is 5.04. The Morgan fingerprint density at radius 2 is 1.75 bits per heavy atom. The molecule has 0 aliphatic rings. The Balaban J connectivity index is 2.26. The first-order chi connectivity index (χ1) is 9.65. The lowest BCUT2D eigenvalue weighted by Crippen LogP contribution is -2.23. The third-order valence-corrected chi connectivity index (χ3v) is 3.81. The van der Waals surface area contributed by atoms with Crippen molar-refractivity contribution in [2.75, 3.05) is 0 Å². The Kier molecular flexibility index (Phi) is 8.59. The molecule has 3 heteroatoms. The maximum absolute atomic E-state index is 4.46. The summed E-state index contributed by atoms with van der Waals surface area (Å²) in [5.74, 6) is 1.15. The zero-order valence-electron chi connectivity index (χ0n) is 13.9. The minimum Gasteiger partial charge on any atom is -0.331 e. The van der Waals surface area contributed by atoms with Gasteiger partial charge in [0.1, 0.15) is 5.82 Å². The van der Waals surface area contributed by atoms with E-state index in [1.807, 2.05) is 6.20 Å². The molecule has 116 valence electrons. The molecular weight excluding hydrogens is 246 g/mol. The first-order valence-electron chi connectivity index (χ1n) is 8.39. The van der Waals surface area contributed by atoms with Gasteiger partial charge in [-0.25, -0.2) is 4.98 Å². The van der Waals surface area contributed by atoms with Crippen molar-refractivity contribution in [2.45, 2.75) is 91.8 Å². The van der Waals surface area contributed by atoms with Crippen LogP contribution >= 0.6 is 0 Å². The average Bonchev–Trinajstić information content (AvgIpc) is 2.76. The van der Waals surface area contributed by atoms with Crippen molar-refractivity contribution in [3.05, 3.63) is 17.7 Å². The van der Waals surface area contributed by atoms with E-state index in [0.29, 0.717) is 6.04 Å². The molecule has 0 aliphatic heterocycles. The van der Waals surface area contributed by atoms with Crippen molar-refractivity contribution in [1.29, 1.82) is 0 Å². The minimum atomic E-state index is 0.525. The largest absolute Gasteiger partial charge is 0.331 e. The van der Waals surface area contributed by atoms with Crippen molar-refractivity contribution < 1.29 is 0 Å². The molecule has 1 rings (SSSR count). The maximum Gasteiger partial charge on any atom is 0.105 e. The summed E-state index contributed by atoms with van der Waals surface area (Å²) in [6.07, 6.45) is 11.6. The first-order valence-corrected chi connectivity index (χ1v) is 8.39. The van der Waals surface area contributed by atoms with Gasteiger partial charge in [-0.15, -0.1) is 0 Å². The topological polar surface area (TPSA) is 29.9 Å². The normalized spacial score (nSPS) is 11.4. The van der Waals surface area contributed by atoms with Gasteiger partial charge in [0, 0.05) is 25.3 Å². The second kappa shape index (κ2) is 9.98. The standard InChI is InChI=1S/C17H33N3/c1-5-6-7-8-9-10-11-12-20-16(4)19-14-17(20)13-18-15(2)3/h14-15,18H,5-13H2,1-4H3. The fourth-order valence-corrected chi connectivity index (χ4v) is 2.50. The third kappa shape index (κ3) is 6.56. The van der Waals surface area contributed by atoms with Crippen LogP contribution in [0.15, 0.2) is 6.20 Å². The molecule has 0 spiro atoms. The van der Waals surface area contributed by atoms with Crippen LogP contribution in [0.1, 0.15) is 77.2 Å². The summed E-state index contributed by atoms with van der Waals surface area (Å²) in [5, 5.41) is 3.48. The fourth-order valence-electron chi connectivity index (χ4n) is 2.50. The number of aryl methyl sites for hydroxylation is 1. The van der Waals surface area contributed by atoms with Crippen LogP contribution in [0.3, 0.4) is 0 Å². The van der Waals surface area contributed by atoms with Gasteiger partial charge in [0.2, 0.25) is 0 Å². The van der Waals surface area contributed by atoms with E-state index in [9.17, 15) is 0 Å². The van der Waals surface area contributed by atoms with E-state index in [2.05, 4.69) is 42.6 Å². The lowest BCUT2D eigenvalue weighted by molar-refractivity contribution is 0.515. The third-order valence-electron chi connectivity index (χ3n) is 3.81. The van der Waals surface area contributed by atoms with Gasteiger partial charge in [0.25, 0.3) is 0 Å². The van der Waals surface area contributed by atoms with Gasteiger partial charge < -0.3 is 9.88 Å². The van der Waals surface area contributed by atoms with Crippen LogP contribution in [0.25, 0.3) is 0 Å². The Morgan fingerprint density at radius 3 is 2.40 bits per heavy atom. The molecule has 0 unspecified atom stereocenters. The molecule has 0 saturated carbocycles. The van der Waals surface area contributed by atoms with Gasteiger partial charge in [-0.3, -0.25) is 0 Å². The van der Waals surface area contributed by atoms with Gasteiger partial charge in [0.15, 0.2) is 0 Å². The molecule has 0 amide bonds. The molecule has 0 atom stereocenters. The van der Waals surface area contributed by atoms with Crippen LogP contribution in [-0.2, 0) is 13.1 Å². The summed E-state index contributed by atoms with van der Waals surface area (Å²) in [6, 6.07) is 0.525. The van der Waals surface area contributed by atoms with Crippen LogP contribution in [0, 0.1) is 6.92 Å². The molecule has 3 nitrogen and oxygen atoms in total. The Bertz CT molecular complexity index is 355. The molecule has 20 heavy (non-hydrogen) atoms. The minimum absolute atomic E-state index is 0.525. The summed E-state index contributed by atoms with van der Waals surface area (Å²) in [6.45, 7) is 10.8. The molecular formula is C17H33N3. The lowest BCUT2D eigenvalue weighted by atomic mass is 10.1. The molecule has 0 aliphatic carbocycles. The highest BCUT2D eigenvalue weighted by Gasteiger charge is 2.06. The molecule has 0 radical (unpaired) electrons. The SMILES string of the molecule is CCCCCCCCCn1c(CNC(C)C)cnc1C. The zero-order chi connectivity index (χ0) is 14.8. The summed E-state index contributed by atoms with van der Waals surface area (Å²) in [4.78, 5) is 4.46. The van der Waals surface area contributed by atoms with E-state index in [1.54, 1.807) is 0 Å². The number of unbranched alkanes of at least 4 members (excludes halogenated alkanes) is 6. The molecule has 0 saturated heterocycles. The van der Waals surface area contributed by atoms with Crippen LogP contribution in [0.2, 0.25) is 0 Å². The van der Waals surface area contributed by atoms with E-state index in [4.69, 9.17) is 0 Å². The predicted octanol–water partition coefficient (Wildman–Crippen LogP) is 4.44. The summed E-state index contributed by atoms with van der Waals surface area (Å²) < 4.78 is 2.38. The summed E-state index contributed by atoms with van der Waals surface area (Å²) >= 11 is 0. The van der Waals surface area contributed by atoms with Crippen LogP contribution < -0.4 is 5.32 Å². The highest BCUT2D eigenvalue weighted by Crippen LogP contribution is 2.11. The van der Waals surface area contributed by atoms with Crippen LogP contribution in [0.5, 0.6) is 0 Å². The number of imidazole rings is 1. The second-order valence-electron chi connectivity index (χ2n) is 6.11. The average molecular weight is 279 g/mol. The maximum atomic E-state index is 4.46. The number of rotatable bonds is 11. The van der Waals surface area contributed by atoms with E-state index >= 15 is 0 Å². The molecule has 1 aromatic rings. The monoisotopic (exact) mass is 279 g/mol. The molecule has 0 fully saturated rings. The zero-order valence-corrected chi connectivity index (χ0v) is 13.9. The van der Waals surface area contributed by atoms with Crippen LogP contribution in [0.4, 0.5) is 0 Å². The van der Waals surface area contributed by atoms with Gasteiger partial charge >= 0.3 is 0 Å². The Labute approximate surface area is 125 Å². The summed E-state index contributed by atoms with van der Waals surface area (Å²) in [7, 11) is 0. The van der Waals surface area contributed by atoms with E-state index in [-0.39, 0.29) is 0 Å². The van der Waals surface area contributed by atoms with Crippen LogP contribution in [-0.4, -0.2) is 15.6 Å². The lowest BCUT2D eigenvalue weighted by Gasteiger charge is -2.12. The molecule has 1 aromatic heterocycles. The number of nitrogens with zero attached hydrogens (tertiary/aromatic N) is 2. The van der Waals surface area contributed by atoms with Crippen molar-refractivity contribution >= 4 is 0 Å². The number of aromatic nitrogens is 2. The van der Waals surface area contributed by atoms with Crippen molar-refractivity contribution in [2.24, 2.45) is 0 Å². The van der Waals surface area contributed by atoms with Crippen molar-refractivity contribution in [3.63, 3.8) is 0 Å². The smallest absolute Gasteiger partial charge is 0.105 e. The number of nitrogens with one attached hydrogen (secondary N) is 1. The Hall–Kier alpha value is -0.830. The fraction of sp³-hybridized carbons (Fsp3) is 0.824. The van der Waals surface area contributed by atoms with E-state index in [1.165, 1.54) is 50.6 Å². The van der Waals surface area contributed by atoms with E-state index in [0.717, 1.165) is 18.9 Å². The quantitative estimate of drug-likeness (QED) is 0.607. The van der Waals surface area contributed by atoms with E-state index < -0.39 is 0 Å². The summed E-state index contributed by atoms with van der Waals surface area (Å²) in [5.41, 5.74) is 1.32. The molecule has 1 N–H and O–H groups in total. The van der Waals surface area contributed by atoms with Gasteiger partial charge in [0.05, 0.1) is 5.69 Å². The van der Waals surface area contributed by atoms with Gasteiger partial charge in [-0.05, 0) is 13.3 Å². The first kappa shape index (κ1) is 17.2. The molecule has 1 heterocycles. The van der Waals surface area contributed by atoms with Crippen molar-refractivity contribution in [1.82, 2.24) is 14.9 Å². The Morgan fingerprint density at radius 1 is 1.10 bits per heavy atom. The molecule has 0 aromatic carbocycles. The number of hydrogen-bond donors (Lipinski definition) is 1. The highest BCUT2D eigenvalue weighted by atomic mass is 15.1. The van der Waals surface area contributed by atoms with Crippen molar-refractivity contribution in [3.8, 4) is 0 Å². The predicted molar refractivity (Wildman–Crippen MR) is 86.9 cm³/mol. The number of hydrogen-bond acceptors (Lipinski definition) is 2. The second-order valence-corrected chi connectivity index (χ2v) is 6.11. The molecule has 0 bridgehead atoms. The van der Waals surface area contributed by atoms with Gasteiger partial charge in [-0.2, -0.15) is 0 Å². The van der Waals surface area contributed by atoms with Gasteiger partial charge in [-0.1, -0.05) is 59.3 Å².